The Morgan fingerprint density at radius 2 is 2.25 bits per heavy atom. The third-order valence-corrected chi connectivity index (χ3v) is 4.25. The molecule has 1 unspecified atom stereocenters. The second-order valence-electron chi connectivity index (χ2n) is 5.87. The molecule has 1 aliphatic carbocycles. The number of nitrogens with zero attached hydrogens (tertiary/aromatic N) is 1. The van der Waals surface area contributed by atoms with Crippen molar-refractivity contribution in [3.63, 3.8) is 0 Å². The fourth-order valence-electron chi connectivity index (χ4n) is 2.74. The minimum absolute atomic E-state index is 0.0820. The van der Waals surface area contributed by atoms with Gasteiger partial charge in [-0.15, -0.1) is 0 Å². The average molecular weight is 276 g/mol. The van der Waals surface area contributed by atoms with Gasteiger partial charge in [-0.25, -0.2) is 0 Å². The van der Waals surface area contributed by atoms with Crippen LogP contribution in [-0.2, 0) is 11.3 Å². The van der Waals surface area contributed by atoms with Crippen LogP contribution in [0, 0.1) is 6.92 Å². The highest BCUT2D eigenvalue weighted by Crippen LogP contribution is 2.24. The fourth-order valence-corrected chi connectivity index (χ4v) is 2.74. The van der Waals surface area contributed by atoms with Crippen LogP contribution in [0.4, 0.5) is 5.69 Å². The van der Waals surface area contributed by atoms with Crippen molar-refractivity contribution in [2.24, 2.45) is 0 Å². The molecule has 4 nitrogen and oxygen atoms in total. The van der Waals surface area contributed by atoms with Gasteiger partial charge in [-0.3, -0.25) is 0 Å². The van der Waals surface area contributed by atoms with Gasteiger partial charge >= 0.3 is 0 Å². The van der Waals surface area contributed by atoms with Gasteiger partial charge in [0.25, 0.3) is 0 Å². The first-order chi connectivity index (χ1) is 9.78. The Hall–Kier alpha value is -1.10. The molecular weight excluding hydrogens is 252 g/mol. The molecule has 1 aromatic carbocycles. The lowest BCUT2D eigenvalue weighted by molar-refractivity contribution is 0.0727. The molecule has 0 aromatic heterocycles. The molecule has 2 fully saturated rings. The van der Waals surface area contributed by atoms with Crippen molar-refractivity contribution < 1.29 is 9.84 Å². The predicted octanol–water partition coefficient (Wildman–Crippen LogP) is 1.44. The highest BCUT2D eigenvalue weighted by molar-refractivity contribution is 5.52. The molecule has 0 radical (unpaired) electrons. The minimum Gasteiger partial charge on any atom is -0.394 e. The van der Waals surface area contributed by atoms with E-state index in [1.54, 1.807) is 0 Å². The topological polar surface area (TPSA) is 44.7 Å². The number of hydrogen-bond acceptors (Lipinski definition) is 4. The van der Waals surface area contributed by atoms with Crippen molar-refractivity contribution in [3.05, 3.63) is 29.3 Å². The van der Waals surface area contributed by atoms with Crippen LogP contribution < -0.4 is 10.2 Å². The summed E-state index contributed by atoms with van der Waals surface area (Å²) in [4.78, 5) is 2.26. The molecule has 1 aromatic rings. The first-order valence-corrected chi connectivity index (χ1v) is 7.56. The van der Waals surface area contributed by atoms with Gasteiger partial charge in [0.1, 0.15) is 0 Å². The summed E-state index contributed by atoms with van der Waals surface area (Å²) in [6, 6.07) is 7.44. The van der Waals surface area contributed by atoms with Crippen molar-refractivity contribution in [1.29, 1.82) is 0 Å². The summed E-state index contributed by atoms with van der Waals surface area (Å²) in [6.07, 6.45) is 2.65. The molecule has 110 valence electrons. The molecule has 20 heavy (non-hydrogen) atoms. The van der Waals surface area contributed by atoms with E-state index in [0.29, 0.717) is 6.61 Å². The minimum atomic E-state index is 0.0820. The van der Waals surface area contributed by atoms with Crippen LogP contribution in [0.2, 0.25) is 0 Å². The summed E-state index contributed by atoms with van der Waals surface area (Å²) in [7, 11) is 0. The number of aliphatic hydroxyl groups is 1. The Balaban J connectivity index is 1.70. The fraction of sp³-hybridized carbons (Fsp3) is 0.625. The lowest BCUT2D eigenvalue weighted by Gasteiger charge is -2.36. The largest absolute Gasteiger partial charge is 0.394 e. The van der Waals surface area contributed by atoms with Gasteiger partial charge < -0.3 is 20.1 Å². The molecule has 4 heteroatoms. The molecule has 1 saturated carbocycles. The van der Waals surface area contributed by atoms with Gasteiger partial charge in [0.05, 0.1) is 25.9 Å². The van der Waals surface area contributed by atoms with Crippen LogP contribution in [0.1, 0.15) is 24.0 Å². The highest BCUT2D eigenvalue weighted by Gasteiger charge is 2.23. The summed E-state index contributed by atoms with van der Waals surface area (Å²) in [5.74, 6) is 0. The molecule has 0 amide bonds. The predicted molar refractivity (Wildman–Crippen MR) is 80.1 cm³/mol. The van der Waals surface area contributed by atoms with Gasteiger partial charge in [-0.05, 0) is 43.0 Å². The number of benzene rings is 1. The zero-order chi connectivity index (χ0) is 13.9. The zero-order valence-corrected chi connectivity index (χ0v) is 12.1. The SMILES string of the molecule is Cc1cc(N2CCOCC2CO)ccc1CNC1CC1. The molecule has 2 N–H and O–H groups in total. The van der Waals surface area contributed by atoms with Crippen molar-refractivity contribution in [3.8, 4) is 0 Å². The summed E-state index contributed by atoms with van der Waals surface area (Å²) in [6.45, 7) is 5.47. The van der Waals surface area contributed by atoms with E-state index in [1.807, 2.05) is 0 Å². The quantitative estimate of drug-likeness (QED) is 0.854. The van der Waals surface area contributed by atoms with E-state index >= 15 is 0 Å². The monoisotopic (exact) mass is 276 g/mol. The average Bonchev–Trinajstić information content (AvgIpc) is 3.30. The van der Waals surface area contributed by atoms with Gasteiger partial charge in [-0.1, -0.05) is 6.07 Å². The lowest BCUT2D eigenvalue weighted by atomic mass is 10.1. The van der Waals surface area contributed by atoms with Crippen molar-refractivity contribution >= 4 is 5.69 Å². The number of ether oxygens (including phenoxy) is 1. The first kappa shape index (κ1) is 13.9. The first-order valence-electron chi connectivity index (χ1n) is 7.56. The molecule has 3 rings (SSSR count). The summed E-state index contributed by atoms with van der Waals surface area (Å²) in [5.41, 5.74) is 3.88. The number of anilines is 1. The summed E-state index contributed by atoms with van der Waals surface area (Å²) < 4.78 is 5.44. The maximum atomic E-state index is 9.47. The van der Waals surface area contributed by atoms with E-state index in [4.69, 9.17) is 4.74 Å². The third-order valence-electron chi connectivity index (χ3n) is 4.25. The van der Waals surface area contributed by atoms with Crippen LogP contribution in [0.15, 0.2) is 18.2 Å². The number of rotatable bonds is 5. The van der Waals surface area contributed by atoms with Gasteiger partial charge in [0.15, 0.2) is 0 Å². The maximum absolute atomic E-state index is 9.47. The maximum Gasteiger partial charge on any atom is 0.0755 e. The normalized spacial score (nSPS) is 23.1. The van der Waals surface area contributed by atoms with E-state index in [-0.39, 0.29) is 12.6 Å². The van der Waals surface area contributed by atoms with Gasteiger partial charge in [-0.2, -0.15) is 0 Å². The van der Waals surface area contributed by atoms with Crippen LogP contribution in [0.3, 0.4) is 0 Å². The van der Waals surface area contributed by atoms with Crippen LogP contribution >= 0.6 is 0 Å². The van der Waals surface area contributed by atoms with E-state index in [0.717, 1.165) is 25.7 Å². The Bertz CT molecular complexity index is 460. The molecule has 1 atom stereocenters. The zero-order valence-electron chi connectivity index (χ0n) is 12.1. The Morgan fingerprint density at radius 3 is 2.95 bits per heavy atom. The molecule has 1 saturated heterocycles. The molecule has 0 spiro atoms. The highest BCUT2D eigenvalue weighted by atomic mass is 16.5. The molecule has 1 aliphatic heterocycles. The van der Waals surface area contributed by atoms with Crippen LogP contribution in [0.5, 0.6) is 0 Å². The molecule has 2 aliphatic rings. The number of hydrogen-bond donors (Lipinski definition) is 2. The number of morpholine rings is 1. The van der Waals surface area contributed by atoms with Gasteiger partial charge in [0.2, 0.25) is 0 Å². The second-order valence-corrected chi connectivity index (χ2v) is 5.87. The molecular formula is C16H24N2O2. The van der Waals surface area contributed by atoms with Gasteiger partial charge in [0, 0.05) is 24.8 Å². The number of aryl methyl sites for hydroxylation is 1. The van der Waals surface area contributed by atoms with E-state index in [9.17, 15) is 5.11 Å². The van der Waals surface area contributed by atoms with Crippen molar-refractivity contribution in [2.45, 2.75) is 38.4 Å². The van der Waals surface area contributed by atoms with Crippen molar-refractivity contribution in [2.75, 3.05) is 31.3 Å². The third kappa shape index (κ3) is 3.14. The van der Waals surface area contributed by atoms with E-state index < -0.39 is 0 Å². The summed E-state index contributed by atoms with van der Waals surface area (Å²) in [5, 5.41) is 13.0. The molecule has 1 heterocycles. The van der Waals surface area contributed by atoms with Crippen molar-refractivity contribution in [1.82, 2.24) is 5.32 Å². The summed E-state index contributed by atoms with van der Waals surface area (Å²) >= 11 is 0. The standard InChI is InChI=1S/C16H24N2O2/c1-12-8-15(18-6-7-20-11-16(18)10-19)5-2-13(12)9-17-14-3-4-14/h2,5,8,14,16-17,19H,3-4,6-7,9-11H2,1H3. The second kappa shape index (κ2) is 6.12. The smallest absolute Gasteiger partial charge is 0.0755 e. The molecule has 0 bridgehead atoms. The van der Waals surface area contributed by atoms with E-state index in [1.165, 1.54) is 29.7 Å². The Kier molecular flexibility index (Phi) is 4.24. The Morgan fingerprint density at radius 1 is 1.40 bits per heavy atom. The lowest BCUT2D eigenvalue weighted by Crippen LogP contribution is -2.47. The Labute approximate surface area is 120 Å². The number of nitrogens with one attached hydrogen (secondary N) is 1. The number of aliphatic hydroxyl groups excluding tert-OH is 1. The van der Waals surface area contributed by atoms with Crippen LogP contribution in [-0.4, -0.2) is 43.6 Å². The van der Waals surface area contributed by atoms with Crippen LogP contribution in [0.25, 0.3) is 0 Å². The van der Waals surface area contributed by atoms with E-state index in [2.05, 4.69) is 35.3 Å².